The van der Waals surface area contributed by atoms with Gasteiger partial charge in [-0.1, -0.05) is 24.6 Å². The van der Waals surface area contributed by atoms with Crippen LogP contribution in [0.15, 0.2) is 18.2 Å². The predicted molar refractivity (Wildman–Crippen MR) is 97.6 cm³/mol. The van der Waals surface area contributed by atoms with Crippen molar-refractivity contribution in [1.29, 1.82) is 0 Å². The van der Waals surface area contributed by atoms with Crippen LogP contribution in [0.25, 0.3) is 0 Å². The fraction of sp³-hybridized carbons (Fsp3) is 0.611. The first-order valence-electron chi connectivity index (χ1n) is 8.24. The number of para-hydroxylation sites is 1. The SMILES string of the molecule is Cc1cccc(C)c1NC(=S)OCCN1[C@H](C)CCC[C@@H]1C. The number of likely N-dealkylation sites (tertiary alicyclic amines) is 1. The molecule has 4 heteroatoms. The van der Waals surface area contributed by atoms with E-state index in [4.69, 9.17) is 17.0 Å². The van der Waals surface area contributed by atoms with Gasteiger partial charge in [-0.15, -0.1) is 0 Å². The lowest BCUT2D eigenvalue weighted by Crippen LogP contribution is -2.45. The highest BCUT2D eigenvalue weighted by Crippen LogP contribution is 2.22. The zero-order chi connectivity index (χ0) is 16.1. The third kappa shape index (κ3) is 4.43. The Morgan fingerprint density at radius 2 is 1.82 bits per heavy atom. The Kier molecular flexibility index (Phi) is 6.21. The molecule has 2 atom stereocenters. The summed E-state index contributed by atoms with van der Waals surface area (Å²) in [7, 11) is 0. The van der Waals surface area contributed by atoms with Crippen LogP contribution in [0.2, 0.25) is 0 Å². The van der Waals surface area contributed by atoms with E-state index in [1.807, 2.05) is 0 Å². The van der Waals surface area contributed by atoms with E-state index in [0.717, 1.165) is 12.2 Å². The molecular weight excluding hydrogens is 292 g/mol. The third-order valence-corrected chi connectivity index (χ3v) is 4.89. The number of aryl methyl sites for hydroxylation is 2. The van der Waals surface area contributed by atoms with Crippen molar-refractivity contribution < 1.29 is 4.74 Å². The van der Waals surface area contributed by atoms with E-state index in [0.29, 0.717) is 23.9 Å². The number of benzene rings is 1. The smallest absolute Gasteiger partial charge is 0.261 e. The van der Waals surface area contributed by atoms with Gasteiger partial charge in [-0.3, -0.25) is 4.90 Å². The van der Waals surface area contributed by atoms with Gasteiger partial charge in [-0.25, -0.2) is 0 Å². The van der Waals surface area contributed by atoms with E-state index in [-0.39, 0.29) is 0 Å². The number of thiocarbonyl (C=S) groups is 1. The van der Waals surface area contributed by atoms with Gasteiger partial charge in [0.1, 0.15) is 6.61 Å². The average Bonchev–Trinajstić information content (AvgIpc) is 2.46. The highest BCUT2D eigenvalue weighted by molar-refractivity contribution is 7.80. The molecule has 1 aromatic carbocycles. The molecule has 3 nitrogen and oxygen atoms in total. The standard InChI is InChI=1S/C18H28N2OS/c1-13-7-5-8-14(2)17(13)19-18(22)21-12-11-20-15(3)9-6-10-16(20)4/h5,7-8,15-16H,6,9-12H2,1-4H3,(H,19,22)/t15-,16+. The van der Waals surface area contributed by atoms with Crippen LogP contribution >= 0.6 is 12.2 Å². The molecule has 2 rings (SSSR count). The maximum Gasteiger partial charge on any atom is 0.261 e. The molecule has 122 valence electrons. The topological polar surface area (TPSA) is 24.5 Å². The second-order valence-corrected chi connectivity index (χ2v) is 6.77. The fourth-order valence-electron chi connectivity index (χ4n) is 3.31. The molecule has 0 unspecified atom stereocenters. The number of rotatable bonds is 4. The monoisotopic (exact) mass is 320 g/mol. The lowest BCUT2D eigenvalue weighted by Gasteiger charge is -2.38. The first kappa shape index (κ1) is 17.2. The highest BCUT2D eigenvalue weighted by atomic mass is 32.1. The Bertz CT molecular complexity index is 488. The van der Waals surface area contributed by atoms with Gasteiger partial charge in [0.15, 0.2) is 0 Å². The lowest BCUT2D eigenvalue weighted by atomic mass is 9.98. The summed E-state index contributed by atoms with van der Waals surface area (Å²) in [6.07, 6.45) is 3.91. The molecule has 0 aromatic heterocycles. The van der Waals surface area contributed by atoms with E-state index < -0.39 is 0 Å². The first-order valence-corrected chi connectivity index (χ1v) is 8.65. The maximum atomic E-state index is 5.73. The van der Waals surface area contributed by atoms with E-state index in [2.05, 4.69) is 56.1 Å². The Morgan fingerprint density at radius 1 is 1.23 bits per heavy atom. The molecule has 0 bridgehead atoms. The van der Waals surface area contributed by atoms with E-state index in [1.165, 1.54) is 30.4 Å². The summed E-state index contributed by atoms with van der Waals surface area (Å²) in [5.41, 5.74) is 3.43. The van der Waals surface area contributed by atoms with Gasteiger partial charge in [0.2, 0.25) is 0 Å². The van der Waals surface area contributed by atoms with E-state index in [9.17, 15) is 0 Å². The normalized spacial score (nSPS) is 22.4. The number of ether oxygens (including phenoxy) is 1. The van der Waals surface area contributed by atoms with Crippen LogP contribution in [0, 0.1) is 13.8 Å². The molecule has 1 aromatic rings. The van der Waals surface area contributed by atoms with Crippen molar-refractivity contribution >= 4 is 23.1 Å². The van der Waals surface area contributed by atoms with Crippen LogP contribution in [0.4, 0.5) is 5.69 Å². The van der Waals surface area contributed by atoms with Gasteiger partial charge in [0, 0.05) is 24.3 Å². The molecule has 0 spiro atoms. The van der Waals surface area contributed by atoms with Crippen molar-refractivity contribution in [1.82, 2.24) is 4.90 Å². The number of hydrogen-bond acceptors (Lipinski definition) is 3. The highest BCUT2D eigenvalue weighted by Gasteiger charge is 2.24. The zero-order valence-corrected chi connectivity index (χ0v) is 15.0. The zero-order valence-electron chi connectivity index (χ0n) is 14.2. The summed E-state index contributed by atoms with van der Waals surface area (Å²) in [5.74, 6) is 0. The fourth-order valence-corrected chi connectivity index (χ4v) is 3.49. The minimum absolute atomic E-state index is 0.467. The number of piperidine rings is 1. The van der Waals surface area contributed by atoms with Crippen LogP contribution < -0.4 is 5.32 Å². The van der Waals surface area contributed by atoms with Crippen molar-refractivity contribution in [3.8, 4) is 0 Å². The first-order chi connectivity index (χ1) is 10.5. The van der Waals surface area contributed by atoms with Gasteiger partial charge in [-0.2, -0.15) is 0 Å². The van der Waals surface area contributed by atoms with Gasteiger partial charge in [-0.05, 0) is 63.9 Å². The largest absolute Gasteiger partial charge is 0.469 e. The van der Waals surface area contributed by atoms with Crippen molar-refractivity contribution in [3.63, 3.8) is 0 Å². The Hall–Kier alpha value is -1.13. The molecule has 0 radical (unpaired) electrons. The maximum absolute atomic E-state index is 5.73. The number of anilines is 1. The summed E-state index contributed by atoms with van der Waals surface area (Å²) in [5, 5.41) is 3.70. The van der Waals surface area contributed by atoms with E-state index in [1.54, 1.807) is 0 Å². The lowest BCUT2D eigenvalue weighted by molar-refractivity contribution is 0.0837. The Labute approximate surface area is 140 Å². The molecule has 0 saturated carbocycles. The number of nitrogens with one attached hydrogen (secondary N) is 1. The molecule has 1 N–H and O–H groups in total. The molecular formula is C18H28N2OS. The predicted octanol–water partition coefficient (Wildman–Crippen LogP) is 4.28. The minimum Gasteiger partial charge on any atom is -0.469 e. The summed E-state index contributed by atoms with van der Waals surface area (Å²) >= 11 is 5.33. The number of nitrogens with zero attached hydrogens (tertiary/aromatic N) is 1. The third-order valence-electron chi connectivity index (χ3n) is 4.67. The summed E-state index contributed by atoms with van der Waals surface area (Å²) in [4.78, 5) is 2.53. The summed E-state index contributed by atoms with van der Waals surface area (Å²) < 4.78 is 5.73. The van der Waals surface area contributed by atoms with E-state index >= 15 is 0 Å². The molecule has 0 amide bonds. The second-order valence-electron chi connectivity index (χ2n) is 6.39. The molecule has 22 heavy (non-hydrogen) atoms. The molecule has 1 aliphatic heterocycles. The van der Waals surface area contributed by atoms with Crippen LogP contribution in [-0.2, 0) is 4.74 Å². The Balaban J connectivity index is 1.81. The summed E-state index contributed by atoms with van der Waals surface area (Å²) in [6, 6.07) is 7.50. The Morgan fingerprint density at radius 3 is 2.41 bits per heavy atom. The molecule has 1 heterocycles. The van der Waals surface area contributed by atoms with Gasteiger partial charge < -0.3 is 10.1 Å². The molecule has 0 aliphatic carbocycles. The van der Waals surface area contributed by atoms with Gasteiger partial charge in [0.25, 0.3) is 5.17 Å². The van der Waals surface area contributed by atoms with Crippen LogP contribution in [0.5, 0.6) is 0 Å². The van der Waals surface area contributed by atoms with Crippen LogP contribution in [0.1, 0.15) is 44.2 Å². The minimum atomic E-state index is 0.467. The molecule has 1 saturated heterocycles. The van der Waals surface area contributed by atoms with Gasteiger partial charge in [0.05, 0.1) is 0 Å². The molecule has 1 aliphatic rings. The van der Waals surface area contributed by atoms with Crippen molar-refractivity contribution in [2.45, 2.75) is 59.0 Å². The average molecular weight is 321 g/mol. The second kappa shape index (κ2) is 7.93. The van der Waals surface area contributed by atoms with Crippen molar-refractivity contribution in [2.24, 2.45) is 0 Å². The number of hydrogen-bond donors (Lipinski definition) is 1. The summed E-state index contributed by atoms with van der Waals surface area (Å²) in [6.45, 7) is 10.4. The van der Waals surface area contributed by atoms with Crippen LogP contribution in [-0.4, -0.2) is 35.3 Å². The molecule has 1 fully saturated rings. The quantitative estimate of drug-likeness (QED) is 0.837. The van der Waals surface area contributed by atoms with Crippen molar-refractivity contribution in [3.05, 3.63) is 29.3 Å². The van der Waals surface area contributed by atoms with Crippen LogP contribution in [0.3, 0.4) is 0 Å². The van der Waals surface area contributed by atoms with Gasteiger partial charge >= 0.3 is 0 Å². The van der Waals surface area contributed by atoms with Crippen molar-refractivity contribution in [2.75, 3.05) is 18.5 Å².